The van der Waals surface area contributed by atoms with Gasteiger partial charge in [-0.2, -0.15) is 0 Å². The van der Waals surface area contributed by atoms with Gasteiger partial charge in [-0.3, -0.25) is 0 Å². The quantitative estimate of drug-likeness (QED) is 0.504. The Labute approximate surface area is 61.8 Å². The highest BCUT2D eigenvalue weighted by molar-refractivity contribution is 5.17. The highest BCUT2D eigenvalue weighted by Crippen LogP contribution is 2.51. The second kappa shape index (κ2) is 1.65. The van der Waals surface area contributed by atoms with Gasteiger partial charge in [0.1, 0.15) is 0 Å². The molecule has 0 aromatic carbocycles. The summed E-state index contributed by atoms with van der Waals surface area (Å²) in [5.74, 6) is 1.09. The van der Waals surface area contributed by atoms with E-state index in [1.807, 2.05) is 0 Å². The molecule has 3 atom stereocenters. The van der Waals surface area contributed by atoms with Gasteiger partial charge in [-0.05, 0) is 17.8 Å². The van der Waals surface area contributed by atoms with Crippen molar-refractivity contribution in [3.05, 3.63) is 12.2 Å². The smallest absolute Gasteiger partial charge is 0.0659 e. The molecule has 0 amide bonds. The van der Waals surface area contributed by atoms with Gasteiger partial charge in [0.25, 0.3) is 0 Å². The van der Waals surface area contributed by atoms with Crippen molar-refractivity contribution in [1.82, 2.24) is 0 Å². The molecule has 1 fully saturated rings. The molecule has 10 heavy (non-hydrogen) atoms. The first-order valence-corrected chi connectivity index (χ1v) is 3.99. The molecule has 2 bridgehead atoms. The maximum atomic E-state index is 9.70. The molecule has 1 saturated carbocycles. The van der Waals surface area contributed by atoms with E-state index in [0.717, 1.165) is 0 Å². The van der Waals surface area contributed by atoms with Crippen LogP contribution in [0.25, 0.3) is 0 Å². The fourth-order valence-electron chi connectivity index (χ4n) is 2.28. The van der Waals surface area contributed by atoms with Gasteiger partial charge in [0.2, 0.25) is 0 Å². The molecule has 1 heteroatoms. The van der Waals surface area contributed by atoms with E-state index in [1.54, 1.807) is 0 Å². The number of aliphatic hydroxyl groups excluding tert-OH is 1. The zero-order valence-electron chi connectivity index (χ0n) is 6.54. The van der Waals surface area contributed by atoms with Crippen LogP contribution < -0.4 is 0 Å². The van der Waals surface area contributed by atoms with E-state index in [2.05, 4.69) is 26.0 Å². The molecule has 0 aromatic heterocycles. The van der Waals surface area contributed by atoms with Gasteiger partial charge in [0, 0.05) is 5.92 Å². The average molecular weight is 138 g/mol. The monoisotopic (exact) mass is 138 g/mol. The molecule has 1 N–H and O–H groups in total. The molecule has 0 radical (unpaired) electrons. The summed E-state index contributed by atoms with van der Waals surface area (Å²) in [5, 5.41) is 9.70. The van der Waals surface area contributed by atoms with Crippen molar-refractivity contribution in [3.8, 4) is 0 Å². The van der Waals surface area contributed by atoms with Gasteiger partial charge in [0.15, 0.2) is 0 Å². The van der Waals surface area contributed by atoms with E-state index in [4.69, 9.17) is 0 Å². The van der Waals surface area contributed by atoms with Crippen molar-refractivity contribution in [2.45, 2.75) is 26.4 Å². The molecular weight excluding hydrogens is 124 g/mol. The number of fused-ring (bicyclic) bond motifs is 2. The Balaban J connectivity index is 2.35. The summed E-state index contributed by atoms with van der Waals surface area (Å²) in [4.78, 5) is 0. The zero-order valence-corrected chi connectivity index (χ0v) is 6.54. The number of allylic oxidation sites excluding steroid dienone is 1. The SMILES string of the molecule is CC1(C)[C@H]2C=C[C@H](C2)[C@@H]1O. The molecule has 0 heterocycles. The van der Waals surface area contributed by atoms with Crippen molar-refractivity contribution < 1.29 is 5.11 Å². The summed E-state index contributed by atoms with van der Waals surface area (Å²) in [7, 11) is 0. The van der Waals surface area contributed by atoms with Crippen LogP contribution in [0, 0.1) is 17.3 Å². The summed E-state index contributed by atoms with van der Waals surface area (Å²) < 4.78 is 0. The second-order valence-corrected chi connectivity index (χ2v) is 4.16. The maximum absolute atomic E-state index is 9.70. The molecule has 1 nitrogen and oxygen atoms in total. The largest absolute Gasteiger partial charge is 0.392 e. The van der Waals surface area contributed by atoms with Crippen molar-refractivity contribution in [3.63, 3.8) is 0 Å². The second-order valence-electron chi connectivity index (χ2n) is 4.16. The van der Waals surface area contributed by atoms with Crippen LogP contribution in [0.15, 0.2) is 12.2 Å². The van der Waals surface area contributed by atoms with Crippen LogP contribution in [0.4, 0.5) is 0 Å². The third-order valence-electron chi connectivity index (χ3n) is 3.24. The lowest BCUT2D eigenvalue weighted by molar-refractivity contribution is 0.0417. The molecule has 56 valence electrons. The lowest BCUT2D eigenvalue weighted by atomic mass is 9.78. The maximum Gasteiger partial charge on any atom is 0.0659 e. The number of aliphatic hydroxyl groups is 1. The van der Waals surface area contributed by atoms with E-state index < -0.39 is 0 Å². The van der Waals surface area contributed by atoms with Crippen LogP contribution in [0.3, 0.4) is 0 Å². The Morgan fingerprint density at radius 1 is 1.40 bits per heavy atom. The highest BCUT2D eigenvalue weighted by atomic mass is 16.3. The van der Waals surface area contributed by atoms with E-state index in [1.165, 1.54) is 6.42 Å². The first kappa shape index (κ1) is 6.41. The Hall–Kier alpha value is -0.300. The van der Waals surface area contributed by atoms with Gasteiger partial charge in [-0.1, -0.05) is 26.0 Å². The summed E-state index contributed by atoms with van der Waals surface area (Å²) in [6, 6.07) is 0. The number of rotatable bonds is 0. The molecular formula is C9H14O. The first-order valence-electron chi connectivity index (χ1n) is 3.99. The predicted octanol–water partition coefficient (Wildman–Crippen LogP) is 1.58. The zero-order chi connectivity index (χ0) is 7.35. The molecule has 2 aliphatic carbocycles. The van der Waals surface area contributed by atoms with Gasteiger partial charge >= 0.3 is 0 Å². The van der Waals surface area contributed by atoms with Crippen LogP contribution in [-0.4, -0.2) is 11.2 Å². The Bertz CT molecular complexity index is 181. The predicted molar refractivity (Wildman–Crippen MR) is 40.5 cm³/mol. The standard InChI is InChI=1S/C9H14O/c1-9(2)7-4-3-6(5-7)8(9)10/h3-4,6-8,10H,5H2,1-2H3/t6-,7+,8+/m1/s1. The van der Waals surface area contributed by atoms with Crippen LogP contribution in [-0.2, 0) is 0 Å². The van der Waals surface area contributed by atoms with E-state index in [0.29, 0.717) is 11.8 Å². The Morgan fingerprint density at radius 2 is 2.10 bits per heavy atom. The fraction of sp³-hybridized carbons (Fsp3) is 0.778. The molecule has 0 unspecified atom stereocenters. The minimum absolute atomic E-state index is 0.0949. The summed E-state index contributed by atoms with van der Waals surface area (Å²) in [5.41, 5.74) is 0.138. The molecule has 0 aromatic rings. The average Bonchev–Trinajstić information content (AvgIpc) is 2.37. The molecule has 2 aliphatic rings. The minimum atomic E-state index is -0.0949. The minimum Gasteiger partial charge on any atom is -0.392 e. The van der Waals surface area contributed by atoms with Crippen LogP contribution in [0.2, 0.25) is 0 Å². The van der Waals surface area contributed by atoms with Gasteiger partial charge in [-0.15, -0.1) is 0 Å². The van der Waals surface area contributed by atoms with Gasteiger partial charge < -0.3 is 5.11 Å². The molecule has 2 rings (SSSR count). The van der Waals surface area contributed by atoms with Crippen LogP contribution >= 0.6 is 0 Å². The number of hydrogen-bond acceptors (Lipinski definition) is 1. The van der Waals surface area contributed by atoms with Crippen LogP contribution in [0.5, 0.6) is 0 Å². The lowest BCUT2D eigenvalue weighted by Crippen LogP contribution is -2.32. The summed E-state index contributed by atoms with van der Waals surface area (Å²) >= 11 is 0. The molecule has 0 aliphatic heterocycles. The highest BCUT2D eigenvalue weighted by Gasteiger charge is 2.49. The Kier molecular flexibility index (Phi) is 1.06. The third-order valence-corrected chi connectivity index (χ3v) is 3.24. The summed E-state index contributed by atoms with van der Waals surface area (Å²) in [6.07, 6.45) is 5.51. The van der Waals surface area contributed by atoms with Crippen molar-refractivity contribution in [1.29, 1.82) is 0 Å². The number of hydrogen-bond donors (Lipinski definition) is 1. The van der Waals surface area contributed by atoms with Gasteiger partial charge in [0.05, 0.1) is 6.10 Å². The van der Waals surface area contributed by atoms with Crippen LogP contribution in [0.1, 0.15) is 20.3 Å². The van der Waals surface area contributed by atoms with Gasteiger partial charge in [-0.25, -0.2) is 0 Å². The molecule has 0 spiro atoms. The topological polar surface area (TPSA) is 20.2 Å². The van der Waals surface area contributed by atoms with Crippen molar-refractivity contribution >= 4 is 0 Å². The van der Waals surface area contributed by atoms with Crippen molar-refractivity contribution in [2.75, 3.05) is 0 Å². The molecule has 0 saturated heterocycles. The van der Waals surface area contributed by atoms with Crippen molar-refractivity contribution in [2.24, 2.45) is 17.3 Å². The summed E-state index contributed by atoms with van der Waals surface area (Å²) in [6.45, 7) is 4.32. The van der Waals surface area contributed by atoms with E-state index in [-0.39, 0.29) is 11.5 Å². The third kappa shape index (κ3) is 0.567. The van der Waals surface area contributed by atoms with E-state index >= 15 is 0 Å². The Morgan fingerprint density at radius 3 is 2.40 bits per heavy atom. The van der Waals surface area contributed by atoms with E-state index in [9.17, 15) is 5.11 Å². The lowest BCUT2D eigenvalue weighted by Gasteiger charge is -2.31. The normalized spacial score (nSPS) is 48.5. The first-order chi connectivity index (χ1) is 4.62. The fourth-order valence-corrected chi connectivity index (χ4v) is 2.28.